The summed E-state index contributed by atoms with van der Waals surface area (Å²) in [5.74, 6) is 6.36. The van der Waals surface area contributed by atoms with Gasteiger partial charge in [0.05, 0.1) is 0 Å². The highest BCUT2D eigenvalue weighted by atomic mass is 19.1. The van der Waals surface area contributed by atoms with Crippen LogP contribution in [0.15, 0.2) is 30.3 Å². The first-order chi connectivity index (χ1) is 8.93. The third-order valence-electron chi connectivity index (χ3n) is 3.13. The molecular formula is C14H17FN4. The van der Waals surface area contributed by atoms with Gasteiger partial charge in [0.1, 0.15) is 17.5 Å². The molecule has 0 aliphatic heterocycles. The summed E-state index contributed by atoms with van der Waals surface area (Å²) in [6, 6.07) is 8.14. The summed E-state index contributed by atoms with van der Waals surface area (Å²) in [6.07, 6.45) is 0. The molecule has 0 saturated carbocycles. The van der Waals surface area contributed by atoms with E-state index in [1.54, 1.807) is 18.2 Å². The number of halogens is 1. The van der Waals surface area contributed by atoms with E-state index in [0.29, 0.717) is 11.6 Å². The SMILES string of the molecule is Cc1cc(NN)nc(C(C)(C)c2ccc(F)cc2)n1. The Hall–Kier alpha value is -2.01. The molecule has 0 bridgehead atoms. The van der Waals surface area contributed by atoms with Crippen LogP contribution in [0.1, 0.15) is 30.9 Å². The van der Waals surface area contributed by atoms with Crippen molar-refractivity contribution in [1.29, 1.82) is 0 Å². The van der Waals surface area contributed by atoms with Crippen molar-refractivity contribution in [3.05, 3.63) is 53.2 Å². The summed E-state index contributed by atoms with van der Waals surface area (Å²) in [5.41, 5.74) is 3.88. The van der Waals surface area contributed by atoms with Crippen LogP contribution in [0.5, 0.6) is 0 Å². The fourth-order valence-corrected chi connectivity index (χ4v) is 1.92. The number of hydrazine groups is 1. The van der Waals surface area contributed by atoms with Crippen LogP contribution in [0.3, 0.4) is 0 Å². The standard InChI is InChI=1S/C14H17FN4/c1-9-8-12(19-16)18-13(17-9)14(2,3)10-4-6-11(15)7-5-10/h4-8H,16H2,1-3H3,(H,17,18,19). The number of benzene rings is 1. The maximum absolute atomic E-state index is 13.0. The van der Waals surface area contributed by atoms with Gasteiger partial charge in [-0.2, -0.15) is 0 Å². The molecule has 0 aliphatic rings. The maximum Gasteiger partial charge on any atom is 0.143 e. The minimum absolute atomic E-state index is 0.256. The fourth-order valence-electron chi connectivity index (χ4n) is 1.92. The Kier molecular flexibility index (Phi) is 3.48. The molecule has 100 valence electrons. The highest BCUT2D eigenvalue weighted by Gasteiger charge is 2.27. The van der Waals surface area contributed by atoms with Gasteiger partial charge >= 0.3 is 0 Å². The van der Waals surface area contributed by atoms with Gasteiger partial charge in [0.15, 0.2) is 0 Å². The number of hydrogen-bond acceptors (Lipinski definition) is 4. The van der Waals surface area contributed by atoms with Gasteiger partial charge in [-0.15, -0.1) is 0 Å². The normalized spacial score (nSPS) is 11.4. The van der Waals surface area contributed by atoms with Crippen molar-refractivity contribution in [2.24, 2.45) is 5.84 Å². The van der Waals surface area contributed by atoms with Crippen molar-refractivity contribution >= 4 is 5.82 Å². The van der Waals surface area contributed by atoms with Crippen LogP contribution in [-0.2, 0) is 5.41 Å². The number of nitrogens with one attached hydrogen (secondary N) is 1. The molecule has 0 saturated heterocycles. The average molecular weight is 260 g/mol. The molecule has 0 aliphatic carbocycles. The van der Waals surface area contributed by atoms with Gasteiger partial charge in [0.25, 0.3) is 0 Å². The van der Waals surface area contributed by atoms with Crippen LogP contribution in [0, 0.1) is 12.7 Å². The van der Waals surface area contributed by atoms with Gasteiger partial charge in [-0.05, 0) is 38.5 Å². The zero-order valence-corrected chi connectivity index (χ0v) is 11.2. The predicted molar refractivity (Wildman–Crippen MR) is 73.1 cm³/mol. The molecule has 2 aromatic rings. The van der Waals surface area contributed by atoms with Crippen LogP contribution >= 0.6 is 0 Å². The zero-order valence-electron chi connectivity index (χ0n) is 11.2. The van der Waals surface area contributed by atoms with Crippen molar-refractivity contribution in [3.8, 4) is 0 Å². The van der Waals surface area contributed by atoms with Gasteiger partial charge in [-0.3, -0.25) is 0 Å². The molecule has 0 spiro atoms. The molecule has 1 heterocycles. The van der Waals surface area contributed by atoms with Crippen LogP contribution < -0.4 is 11.3 Å². The van der Waals surface area contributed by atoms with Gasteiger partial charge < -0.3 is 5.43 Å². The second kappa shape index (κ2) is 4.93. The van der Waals surface area contributed by atoms with Crippen molar-refractivity contribution in [2.45, 2.75) is 26.2 Å². The second-order valence-corrected chi connectivity index (χ2v) is 4.99. The Morgan fingerprint density at radius 3 is 2.37 bits per heavy atom. The lowest BCUT2D eigenvalue weighted by molar-refractivity contribution is 0.581. The lowest BCUT2D eigenvalue weighted by Gasteiger charge is -2.24. The third kappa shape index (κ3) is 2.71. The van der Waals surface area contributed by atoms with Gasteiger partial charge in [0.2, 0.25) is 0 Å². The summed E-state index contributed by atoms with van der Waals surface area (Å²) in [5, 5.41) is 0. The molecule has 0 atom stereocenters. The highest BCUT2D eigenvalue weighted by molar-refractivity contribution is 5.38. The third-order valence-corrected chi connectivity index (χ3v) is 3.13. The van der Waals surface area contributed by atoms with E-state index in [9.17, 15) is 4.39 Å². The predicted octanol–water partition coefficient (Wildman–Crippen LogP) is 2.54. The van der Waals surface area contributed by atoms with Crippen molar-refractivity contribution < 1.29 is 4.39 Å². The second-order valence-electron chi connectivity index (χ2n) is 4.99. The number of aryl methyl sites for hydroxylation is 1. The summed E-state index contributed by atoms with van der Waals surface area (Å²) < 4.78 is 13.0. The molecule has 1 aromatic heterocycles. The van der Waals surface area contributed by atoms with Crippen molar-refractivity contribution in [1.82, 2.24) is 9.97 Å². The van der Waals surface area contributed by atoms with E-state index in [1.807, 2.05) is 20.8 Å². The number of nitrogen functional groups attached to an aromatic ring is 1. The monoisotopic (exact) mass is 260 g/mol. The number of nitrogens with zero attached hydrogens (tertiary/aromatic N) is 2. The quantitative estimate of drug-likeness (QED) is 0.657. The van der Waals surface area contributed by atoms with E-state index in [-0.39, 0.29) is 5.82 Å². The Labute approximate surface area is 111 Å². The van der Waals surface area contributed by atoms with Gasteiger partial charge in [-0.1, -0.05) is 12.1 Å². The summed E-state index contributed by atoms with van der Waals surface area (Å²) >= 11 is 0. The van der Waals surface area contributed by atoms with E-state index in [4.69, 9.17) is 5.84 Å². The number of anilines is 1. The number of nitrogens with two attached hydrogens (primary N) is 1. The first-order valence-corrected chi connectivity index (χ1v) is 6.02. The van der Waals surface area contributed by atoms with Crippen molar-refractivity contribution in [2.75, 3.05) is 5.43 Å². The first kappa shape index (κ1) is 13.4. The summed E-state index contributed by atoms with van der Waals surface area (Å²) in [7, 11) is 0. The Balaban J connectivity index is 2.49. The Morgan fingerprint density at radius 1 is 1.16 bits per heavy atom. The lowest BCUT2D eigenvalue weighted by atomic mass is 9.83. The van der Waals surface area contributed by atoms with Gasteiger partial charge in [-0.25, -0.2) is 20.2 Å². The fraction of sp³-hybridized carbons (Fsp3) is 0.286. The largest absolute Gasteiger partial charge is 0.308 e. The summed E-state index contributed by atoms with van der Waals surface area (Å²) in [6.45, 7) is 5.87. The average Bonchev–Trinajstić information content (AvgIpc) is 2.38. The zero-order chi connectivity index (χ0) is 14.0. The van der Waals surface area contributed by atoms with E-state index in [2.05, 4.69) is 15.4 Å². The van der Waals surface area contributed by atoms with E-state index >= 15 is 0 Å². The van der Waals surface area contributed by atoms with Crippen LogP contribution in [0.2, 0.25) is 0 Å². The molecule has 1 aromatic carbocycles. The Bertz CT molecular complexity index is 578. The minimum atomic E-state index is -0.425. The molecule has 2 rings (SSSR count). The molecule has 0 fully saturated rings. The number of hydrogen-bond donors (Lipinski definition) is 2. The number of rotatable bonds is 3. The molecule has 19 heavy (non-hydrogen) atoms. The molecule has 0 unspecified atom stereocenters. The summed E-state index contributed by atoms with van der Waals surface area (Å²) in [4.78, 5) is 8.83. The highest BCUT2D eigenvalue weighted by Crippen LogP contribution is 2.29. The molecule has 0 radical (unpaired) electrons. The van der Waals surface area contributed by atoms with Crippen LogP contribution in [0.25, 0.3) is 0 Å². The molecule has 4 nitrogen and oxygen atoms in total. The van der Waals surface area contributed by atoms with Gasteiger partial charge in [0, 0.05) is 17.2 Å². The van der Waals surface area contributed by atoms with Crippen molar-refractivity contribution in [3.63, 3.8) is 0 Å². The topological polar surface area (TPSA) is 63.8 Å². The molecular weight excluding hydrogens is 243 g/mol. The lowest BCUT2D eigenvalue weighted by Crippen LogP contribution is -2.24. The van der Waals surface area contributed by atoms with E-state index in [0.717, 1.165) is 11.3 Å². The van der Waals surface area contributed by atoms with Crippen LogP contribution in [0.4, 0.5) is 10.2 Å². The van der Waals surface area contributed by atoms with Crippen LogP contribution in [-0.4, -0.2) is 9.97 Å². The number of aromatic nitrogens is 2. The Morgan fingerprint density at radius 2 is 1.79 bits per heavy atom. The molecule has 3 N–H and O–H groups in total. The first-order valence-electron chi connectivity index (χ1n) is 6.02. The molecule has 0 amide bonds. The smallest absolute Gasteiger partial charge is 0.143 e. The minimum Gasteiger partial charge on any atom is -0.308 e. The van der Waals surface area contributed by atoms with E-state index in [1.165, 1.54) is 12.1 Å². The molecule has 5 heteroatoms. The maximum atomic E-state index is 13.0. The van der Waals surface area contributed by atoms with E-state index < -0.39 is 5.41 Å².